The monoisotopic (exact) mass is 356 g/mol. The quantitative estimate of drug-likeness (QED) is 0.878. The van der Waals surface area contributed by atoms with Crippen LogP contribution in [0.1, 0.15) is 30.9 Å². The fraction of sp³-hybridized carbons (Fsp3) is 0.421. The van der Waals surface area contributed by atoms with Gasteiger partial charge in [-0.25, -0.2) is 4.68 Å². The van der Waals surface area contributed by atoms with Crippen LogP contribution in [0.4, 0.5) is 5.69 Å². The fourth-order valence-corrected chi connectivity index (χ4v) is 3.32. The lowest BCUT2D eigenvalue weighted by molar-refractivity contribution is -0.146. The fourth-order valence-electron chi connectivity index (χ4n) is 3.32. The van der Waals surface area contributed by atoms with E-state index in [-0.39, 0.29) is 12.5 Å². The topological polar surface area (TPSA) is 87.5 Å². The Bertz CT molecular complexity index is 845. The average molecular weight is 356 g/mol. The van der Waals surface area contributed by atoms with Gasteiger partial charge in [-0.1, -0.05) is 17.7 Å². The lowest BCUT2D eigenvalue weighted by atomic mass is 9.91. The second-order valence-electron chi connectivity index (χ2n) is 6.99. The van der Waals surface area contributed by atoms with Crippen LogP contribution < -0.4 is 5.32 Å². The van der Waals surface area contributed by atoms with Crippen LogP contribution >= 0.6 is 0 Å². The minimum Gasteiger partial charge on any atom is -0.378 e. The van der Waals surface area contributed by atoms with Gasteiger partial charge in [0.05, 0.1) is 30.3 Å². The van der Waals surface area contributed by atoms with Crippen molar-refractivity contribution in [1.82, 2.24) is 14.7 Å². The summed E-state index contributed by atoms with van der Waals surface area (Å²) in [7, 11) is 0. The first-order chi connectivity index (χ1) is 12.3. The SMILES string of the molecule is CC(=O)N1CCC[C@](O)(C(=O)Nc2cnn(-c3ccc(C)cc3C)c2)C1. The Morgan fingerprint density at radius 2 is 2.08 bits per heavy atom. The molecule has 1 aliphatic heterocycles. The van der Waals surface area contributed by atoms with E-state index in [0.717, 1.165) is 11.3 Å². The van der Waals surface area contributed by atoms with Crippen molar-refractivity contribution in [3.05, 3.63) is 41.7 Å². The van der Waals surface area contributed by atoms with E-state index in [1.54, 1.807) is 17.1 Å². The molecule has 1 saturated heterocycles. The highest BCUT2D eigenvalue weighted by atomic mass is 16.3. The summed E-state index contributed by atoms with van der Waals surface area (Å²) in [6, 6.07) is 6.04. The molecule has 0 radical (unpaired) electrons. The van der Waals surface area contributed by atoms with Crippen LogP contribution in [0.25, 0.3) is 5.69 Å². The molecule has 7 nitrogen and oxygen atoms in total. The Labute approximate surface area is 152 Å². The molecule has 1 aromatic carbocycles. The summed E-state index contributed by atoms with van der Waals surface area (Å²) in [5.41, 5.74) is 2.10. The second-order valence-corrected chi connectivity index (χ2v) is 6.99. The summed E-state index contributed by atoms with van der Waals surface area (Å²) in [6.07, 6.45) is 4.18. The number of rotatable bonds is 3. The zero-order chi connectivity index (χ0) is 18.9. The predicted octanol–water partition coefficient (Wildman–Crippen LogP) is 1.80. The van der Waals surface area contributed by atoms with E-state index in [4.69, 9.17) is 0 Å². The minimum absolute atomic E-state index is 0.0133. The molecule has 1 aromatic heterocycles. The van der Waals surface area contributed by atoms with Gasteiger partial charge in [0.15, 0.2) is 5.60 Å². The van der Waals surface area contributed by atoms with Gasteiger partial charge < -0.3 is 15.3 Å². The number of hydrogen-bond acceptors (Lipinski definition) is 4. The summed E-state index contributed by atoms with van der Waals surface area (Å²) in [6.45, 7) is 6.05. The summed E-state index contributed by atoms with van der Waals surface area (Å²) >= 11 is 0. The summed E-state index contributed by atoms with van der Waals surface area (Å²) in [5.74, 6) is -0.651. The second kappa shape index (κ2) is 6.92. The normalized spacial score (nSPS) is 20.1. The minimum atomic E-state index is -1.58. The van der Waals surface area contributed by atoms with Gasteiger partial charge in [-0.2, -0.15) is 5.10 Å². The van der Waals surface area contributed by atoms with Gasteiger partial charge in [0.2, 0.25) is 5.91 Å². The lowest BCUT2D eigenvalue weighted by Crippen LogP contribution is -2.56. The first-order valence-corrected chi connectivity index (χ1v) is 8.70. The largest absolute Gasteiger partial charge is 0.378 e. The van der Waals surface area contributed by atoms with E-state index in [1.165, 1.54) is 17.4 Å². The maximum Gasteiger partial charge on any atom is 0.258 e. The molecule has 2 amide bonds. The highest BCUT2D eigenvalue weighted by molar-refractivity contribution is 5.97. The standard InChI is InChI=1S/C19H24N4O3/c1-13-5-6-17(14(2)9-13)23-11-16(10-20-23)21-18(25)19(26)7-4-8-22(12-19)15(3)24/h5-6,9-11,26H,4,7-8,12H2,1-3H3,(H,21,25)/t19-/m1/s1. The molecule has 0 saturated carbocycles. The number of carbonyl (C=O) groups excluding carboxylic acids is 2. The third kappa shape index (κ3) is 3.62. The van der Waals surface area contributed by atoms with Crippen LogP contribution in [0.5, 0.6) is 0 Å². The van der Waals surface area contributed by atoms with Gasteiger partial charge in [0.25, 0.3) is 5.91 Å². The van der Waals surface area contributed by atoms with Crippen LogP contribution in [0.15, 0.2) is 30.6 Å². The maximum atomic E-state index is 12.6. The Morgan fingerprint density at radius 3 is 2.77 bits per heavy atom. The molecule has 0 spiro atoms. The van der Waals surface area contributed by atoms with Gasteiger partial charge >= 0.3 is 0 Å². The number of carbonyl (C=O) groups is 2. The number of nitrogens with one attached hydrogen (secondary N) is 1. The van der Waals surface area contributed by atoms with Gasteiger partial charge in [-0.15, -0.1) is 0 Å². The Balaban J connectivity index is 1.74. The molecule has 2 heterocycles. The number of piperidine rings is 1. The van der Waals surface area contributed by atoms with Crippen molar-refractivity contribution in [2.24, 2.45) is 0 Å². The van der Waals surface area contributed by atoms with Crippen LogP contribution in [0.2, 0.25) is 0 Å². The van der Waals surface area contributed by atoms with Crippen molar-refractivity contribution < 1.29 is 14.7 Å². The number of nitrogens with zero attached hydrogens (tertiary/aromatic N) is 3. The predicted molar refractivity (Wildman–Crippen MR) is 98.1 cm³/mol. The Kier molecular flexibility index (Phi) is 4.82. The van der Waals surface area contributed by atoms with Crippen LogP contribution in [-0.2, 0) is 9.59 Å². The molecule has 0 aliphatic carbocycles. The number of aryl methyl sites for hydroxylation is 2. The molecule has 2 aromatic rings. The summed E-state index contributed by atoms with van der Waals surface area (Å²) in [4.78, 5) is 25.6. The number of benzene rings is 1. The van der Waals surface area contributed by atoms with E-state index in [0.29, 0.717) is 25.1 Å². The zero-order valence-electron chi connectivity index (χ0n) is 15.3. The molecule has 2 N–H and O–H groups in total. The van der Waals surface area contributed by atoms with E-state index in [9.17, 15) is 14.7 Å². The zero-order valence-corrected chi connectivity index (χ0v) is 15.3. The number of hydrogen-bond donors (Lipinski definition) is 2. The third-order valence-corrected chi connectivity index (χ3v) is 4.78. The lowest BCUT2D eigenvalue weighted by Gasteiger charge is -2.37. The van der Waals surface area contributed by atoms with E-state index in [2.05, 4.69) is 16.5 Å². The van der Waals surface area contributed by atoms with Crippen molar-refractivity contribution >= 4 is 17.5 Å². The average Bonchev–Trinajstić information content (AvgIpc) is 3.03. The number of anilines is 1. The number of β-amino-alcohol motifs (C(OH)–C–C–N with tert-alkyl or cyclic N) is 1. The molecular weight excluding hydrogens is 332 g/mol. The summed E-state index contributed by atoms with van der Waals surface area (Å²) < 4.78 is 1.69. The molecule has 0 unspecified atom stereocenters. The van der Waals surface area contributed by atoms with Crippen molar-refractivity contribution in [1.29, 1.82) is 0 Å². The Hall–Kier alpha value is -2.67. The molecule has 1 aliphatic rings. The Morgan fingerprint density at radius 1 is 1.31 bits per heavy atom. The first-order valence-electron chi connectivity index (χ1n) is 8.70. The van der Waals surface area contributed by atoms with Crippen LogP contribution in [0, 0.1) is 13.8 Å². The summed E-state index contributed by atoms with van der Waals surface area (Å²) in [5, 5.41) is 17.7. The number of amides is 2. The molecular formula is C19H24N4O3. The van der Waals surface area contributed by atoms with Gasteiger partial charge in [-0.05, 0) is 38.3 Å². The van der Waals surface area contributed by atoms with Gasteiger partial charge in [0, 0.05) is 13.5 Å². The third-order valence-electron chi connectivity index (χ3n) is 4.78. The number of aliphatic hydroxyl groups is 1. The molecule has 3 rings (SSSR count). The van der Waals surface area contributed by atoms with Gasteiger partial charge in [-0.3, -0.25) is 9.59 Å². The van der Waals surface area contributed by atoms with Gasteiger partial charge in [0.1, 0.15) is 0 Å². The van der Waals surface area contributed by atoms with Crippen molar-refractivity contribution in [2.45, 2.75) is 39.2 Å². The highest BCUT2D eigenvalue weighted by Gasteiger charge is 2.41. The molecule has 26 heavy (non-hydrogen) atoms. The van der Waals surface area contributed by atoms with Crippen molar-refractivity contribution in [2.75, 3.05) is 18.4 Å². The van der Waals surface area contributed by atoms with Crippen LogP contribution in [0.3, 0.4) is 0 Å². The van der Waals surface area contributed by atoms with E-state index in [1.807, 2.05) is 26.0 Å². The number of aromatic nitrogens is 2. The van der Waals surface area contributed by atoms with Crippen molar-refractivity contribution in [3.8, 4) is 5.69 Å². The van der Waals surface area contributed by atoms with Crippen molar-refractivity contribution in [3.63, 3.8) is 0 Å². The molecule has 1 fully saturated rings. The van der Waals surface area contributed by atoms with E-state index >= 15 is 0 Å². The van der Waals surface area contributed by atoms with Crippen LogP contribution in [-0.4, -0.2) is 50.3 Å². The molecule has 0 bridgehead atoms. The number of likely N-dealkylation sites (tertiary alicyclic amines) is 1. The maximum absolute atomic E-state index is 12.6. The van der Waals surface area contributed by atoms with E-state index < -0.39 is 11.5 Å². The smallest absolute Gasteiger partial charge is 0.258 e. The first kappa shape index (κ1) is 18.1. The molecule has 1 atom stereocenters. The molecule has 138 valence electrons. The molecule has 7 heteroatoms. The highest BCUT2D eigenvalue weighted by Crippen LogP contribution is 2.24.